The summed E-state index contributed by atoms with van der Waals surface area (Å²) in [6.07, 6.45) is 1.04. The average Bonchev–Trinajstić information content (AvgIpc) is 3.40. The summed E-state index contributed by atoms with van der Waals surface area (Å²) >= 11 is 0. The van der Waals surface area contributed by atoms with Crippen LogP contribution in [0.5, 0.6) is 0 Å². The van der Waals surface area contributed by atoms with E-state index in [-0.39, 0.29) is 55.0 Å². The number of aryl methyl sites for hydroxylation is 1. The molecule has 0 spiro atoms. The van der Waals surface area contributed by atoms with Crippen molar-refractivity contribution in [3.05, 3.63) is 41.9 Å². The molecule has 3 rings (SSSR count). The number of hydrogen-bond donors (Lipinski definition) is 3. The van der Waals surface area contributed by atoms with E-state index in [1.807, 2.05) is 65.8 Å². The highest BCUT2D eigenvalue weighted by molar-refractivity contribution is 5.93. The number of benzene rings is 1. The van der Waals surface area contributed by atoms with Gasteiger partial charge in [0.25, 0.3) is 0 Å². The molecule has 0 aliphatic carbocycles. The zero-order valence-corrected chi connectivity index (χ0v) is 22.0. The van der Waals surface area contributed by atoms with Crippen LogP contribution in [0.1, 0.15) is 58.7 Å². The van der Waals surface area contributed by atoms with Gasteiger partial charge in [-0.1, -0.05) is 58.9 Å². The van der Waals surface area contributed by atoms with Crippen LogP contribution in [-0.4, -0.2) is 57.4 Å². The molecule has 2 heterocycles. The minimum atomic E-state index is -0.801. The molecule has 3 atom stereocenters. The number of carbonyl (C=O) groups is 3. The molecule has 1 aliphatic heterocycles. The monoisotopic (exact) mass is 498 g/mol. The maximum absolute atomic E-state index is 13.4. The van der Waals surface area contributed by atoms with E-state index in [4.69, 9.17) is 4.42 Å². The van der Waals surface area contributed by atoms with Crippen LogP contribution in [0.25, 0.3) is 11.3 Å². The van der Waals surface area contributed by atoms with Crippen LogP contribution in [0.2, 0.25) is 0 Å². The summed E-state index contributed by atoms with van der Waals surface area (Å²) in [6, 6.07) is 6.01. The Kier molecular flexibility index (Phi) is 8.55. The number of amides is 3. The summed E-state index contributed by atoms with van der Waals surface area (Å²) < 4.78 is 5.42. The van der Waals surface area contributed by atoms with E-state index >= 15 is 0 Å². The van der Waals surface area contributed by atoms with E-state index in [0.717, 1.165) is 16.8 Å². The molecule has 1 aliphatic rings. The third kappa shape index (κ3) is 6.94. The Morgan fingerprint density at radius 2 is 1.86 bits per heavy atom. The van der Waals surface area contributed by atoms with Gasteiger partial charge in [0.15, 0.2) is 12.2 Å². The van der Waals surface area contributed by atoms with Crippen molar-refractivity contribution >= 4 is 17.7 Å². The highest BCUT2D eigenvalue weighted by Gasteiger charge is 2.42. The molecule has 36 heavy (non-hydrogen) atoms. The number of likely N-dealkylation sites (tertiary alicyclic amines) is 1. The summed E-state index contributed by atoms with van der Waals surface area (Å²) in [5.41, 5.74) is 2.36. The van der Waals surface area contributed by atoms with Crippen molar-refractivity contribution in [2.24, 2.45) is 11.3 Å². The molecule has 9 heteroatoms. The van der Waals surface area contributed by atoms with Gasteiger partial charge >= 0.3 is 0 Å². The Labute approximate surface area is 212 Å². The zero-order chi connectivity index (χ0) is 26.6. The fourth-order valence-electron chi connectivity index (χ4n) is 4.36. The normalized spacial score (nSPS) is 18.8. The van der Waals surface area contributed by atoms with Gasteiger partial charge in [0, 0.05) is 31.5 Å². The number of rotatable bonds is 8. The largest absolute Gasteiger partial charge is 0.443 e. The Morgan fingerprint density at radius 3 is 2.42 bits per heavy atom. The van der Waals surface area contributed by atoms with Crippen LogP contribution in [0.3, 0.4) is 0 Å². The molecule has 196 valence electrons. The van der Waals surface area contributed by atoms with Crippen molar-refractivity contribution in [1.82, 2.24) is 20.5 Å². The maximum atomic E-state index is 13.4. The van der Waals surface area contributed by atoms with Gasteiger partial charge in [0.2, 0.25) is 17.7 Å². The van der Waals surface area contributed by atoms with Gasteiger partial charge in [-0.05, 0) is 23.8 Å². The zero-order valence-electron chi connectivity index (χ0n) is 22.0. The van der Waals surface area contributed by atoms with Crippen LogP contribution in [-0.2, 0) is 20.9 Å². The fourth-order valence-corrected chi connectivity index (χ4v) is 4.36. The molecule has 2 aromatic rings. The topological polar surface area (TPSA) is 125 Å². The molecule has 0 unspecified atom stereocenters. The smallest absolute Gasteiger partial charge is 0.246 e. The van der Waals surface area contributed by atoms with Crippen molar-refractivity contribution in [1.29, 1.82) is 0 Å². The van der Waals surface area contributed by atoms with Crippen molar-refractivity contribution in [2.45, 2.75) is 79.1 Å². The number of β-amino-alcohol motifs (C(OH)–C–C–N with tert-alkyl or cyclic N) is 1. The molecular weight excluding hydrogens is 460 g/mol. The second-order valence-corrected chi connectivity index (χ2v) is 11.1. The fraction of sp³-hybridized carbons (Fsp3) is 0.556. The molecule has 1 saturated heterocycles. The molecule has 9 nitrogen and oxygen atoms in total. The van der Waals surface area contributed by atoms with Crippen LogP contribution in [0.4, 0.5) is 0 Å². The average molecular weight is 499 g/mol. The minimum absolute atomic E-state index is 0.0561. The molecule has 0 radical (unpaired) electrons. The van der Waals surface area contributed by atoms with E-state index in [2.05, 4.69) is 15.6 Å². The van der Waals surface area contributed by atoms with E-state index in [1.54, 1.807) is 0 Å². The van der Waals surface area contributed by atoms with Gasteiger partial charge in [0.05, 0.1) is 11.8 Å². The van der Waals surface area contributed by atoms with Crippen molar-refractivity contribution in [2.75, 3.05) is 6.54 Å². The number of aromatic nitrogens is 1. The molecule has 1 aromatic carbocycles. The molecule has 0 bridgehead atoms. The van der Waals surface area contributed by atoms with Gasteiger partial charge in [-0.25, -0.2) is 4.98 Å². The SMILES string of the molecule is Cc1ncoc1-c1ccc(CNC(=O)[C@@H]2C[C@@H](O)CN2C(=O)[C@@H](NC(=O)CC(C)(C)C)C(C)C)cc1. The van der Waals surface area contributed by atoms with Crippen LogP contribution < -0.4 is 10.6 Å². The molecule has 3 N–H and O–H groups in total. The second kappa shape index (κ2) is 11.2. The number of oxazole rings is 1. The number of aliphatic hydroxyl groups is 1. The van der Waals surface area contributed by atoms with E-state index in [1.165, 1.54) is 11.3 Å². The van der Waals surface area contributed by atoms with Gasteiger partial charge in [0.1, 0.15) is 12.1 Å². The van der Waals surface area contributed by atoms with Crippen LogP contribution in [0, 0.1) is 18.3 Å². The number of nitrogens with zero attached hydrogens (tertiary/aromatic N) is 2. The molecular formula is C27H38N4O5. The lowest BCUT2D eigenvalue weighted by Crippen LogP contribution is -2.55. The highest BCUT2D eigenvalue weighted by atomic mass is 16.3. The quantitative estimate of drug-likeness (QED) is 0.514. The Hall–Kier alpha value is -3.20. The third-order valence-corrected chi connectivity index (χ3v) is 6.23. The molecule has 1 aromatic heterocycles. The number of carbonyl (C=O) groups excluding carboxylic acids is 3. The lowest BCUT2D eigenvalue weighted by molar-refractivity contribution is -0.142. The summed E-state index contributed by atoms with van der Waals surface area (Å²) in [5, 5.41) is 16.0. The predicted octanol–water partition coefficient (Wildman–Crippen LogP) is 2.81. The second-order valence-electron chi connectivity index (χ2n) is 11.1. The Morgan fingerprint density at radius 1 is 1.19 bits per heavy atom. The molecule has 0 saturated carbocycles. The first kappa shape index (κ1) is 27.4. The number of nitrogens with one attached hydrogen (secondary N) is 2. The summed E-state index contributed by atoms with van der Waals surface area (Å²) in [5.74, 6) is -0.364. The molecule has 3 amide bonds. The van der Waals surface area contributed by atoms with Crippen molar-refractivity contribution in [3.8, 4) is 11.3 Å². The summed E-state index contributed by atoms with van der Waals surface area (Å²) in [6.45, 7) is 11.8. The minimum Gasteiger partial charge on any atom is -0.443 e. The van der Waals surface area contributed by atoms with E-state index in [0.29, 0.717) is 5.76 Å². The van der Waals surface area contributed by atoms with E-state index < -0.39 is 18.2 Å². The van der Waals surface area contributed by atoms with Gasteiger partial charge < -0.3 is 25.1 Å². The summed E-state index contributed by atoms with van der Waals surface area (Å²) in [7, 11) is 0. The Bertz CT molecular complexity index is 1070. The van der Waals surface area contributed by atoms with Crippen molar-refractivity contribution < 1.29 is 23.9 Å². The first-order valence-corrected chi connectivity index (χ1v) is 12.4. The Balaban J connectivity index is 1.64. The van der Waals surface area contributed by atoms with Crippen LogP contribution >= 0.6 is 0 Å². The van der Waals surface area contributed by atoms with Crippen LogP contribution in [0.15, 0.2) is 35.1 Å². The maximum Gasteiger partial charge on any atom is 0.246 e. The first-order chi connectivity index (χ1) is 16.9. The first-order valence-electron chi connectivity index (χ1n) is 12.4. The number of hydrogen-bond acceptors (Lipinski definition) is 6. The van der Waals surface area contributed by atoms with Crippen molar-refractivity contribution in [3.63, 3.8) is 0 Å². The lowest BCUT2D eigenvalue weighted by Gasteiger charge is -2.31. The highest BCUT2D eigenvalue weighted by Crippen LogP contribution is 2.24. The summed E-state index contributed by atoms with van der Waals surface area (Å²) in [4.78, 5) is 44.5. The molecule has 1 fully saturated rings. The lowest BCUT2D eigenvalue weighted by atomic mass is 9.91. The number of aliphatic hydroxyl groups excluding tert-OH is 1. The standard InChI is InChI=1S/C27H38N4O5/c1-16(2)23(30-22(33)12-27(4,5)6)26(35)31-14-20(32)11-21(31)25(34)28-13-18-7-9-19(10-8-18)24-17(3)29-15-36-24/h7-10,15-16,20-21,23,32H,11-14H2,1-6H3,(H,28,34)(H,30,33)/t20-,21+,23+/m1/s1. The third-order valence-electron chi connectivity index (χ3n) is 6.23. The van der Waals surface area contributed by atoms with Gasteiger partial charge in [-0.3, -0.25) is 14.4 Å². The predicted molar refractivity (Wildman–Crippen MR) is 135 cm³/mol. The van der Waals surface area contributed by atoms with E-state index in [9.17, 15) is 19.5 Å². The van der Waals surface area contributed by atoms with Gasteiger partial charge in [-0.15, -0.1) is 0 Å². The van der Waals surface area contributed by atoms with Gasteiger partial charge in [-0.2, -0.15) is 0 Å².